The van der Waals surface area contributed by atoms with Gasteiger partial charge in [-0.05, 0) is 56.7 Å². The number of benzene rings is 2. The molecular formula is C28H31N7O2. The third-order valence-corrected chi connectivity index (χ3v) is 5.94. The van der Waals surface area contributed by atoms with E-state index in [9.17, 15) is 4.79 Å². The van der Waals surface area contributed by atoms with Gasteiger partial charge in [0.2, 0.25) is 0 Å². The van der Waals surface area contributed by atoms with Gasteiger partial charge in [-0.1, -0.05) is 24.3 Å². The number of amides is 1. The molecule has 0 saturated carbocycles. The molecule has 9 nitrogen and oxygen atoms in total. The summed E-state index contributed by atoms with van der Waals surface area (Å²) < 4.78 is 5.74. The maximum Gasteiger partial charge on any atom is 0.258 e. The van der Waals surface area contributed by atoms with Crippen LogP contribution in [0, 0.1) is 0 Å². The number of aromatic nitrogens is 3. The van der Waals surface area contributed by atoms with Gasteiger partial charge in [0.1, 0.15) is 11.6 Å². The van der Waals surface area contributed by atoms with Crippen molar-refractivity contribution in [1.29, 1.82) is 0 Å². The second-order valence-corrected chi connectivity index (χ2v) is 10.1. The molecule has 1 fully saturated rings. The Morgan fingerprint density at radius 3 is 2.59 bits per heavy atom. The molecule has 0 aliphatic carbocycles. The number of nitrogens with one attached hydrogen (secondary N) is 4. The highest BCUT2D eigenvalue weighted by molar-refractivity contribution is 5.91. The number of hydrazine groups is 1. The quantitative estimate of drug-likeness (QED) is 0.304. The Labute approximate surface area is 216 Å². The van der Waals surface area contributed by atoms with Crippen molar-refractivity contribution in [3.05, 3.63) is 72.6 Å². The SMILES string of the molecule is CC(C)(C)NC(=O)COc1cccc(-c2nc(Nc3ccc(C4CNNC4)cc3)c3cnccc3n2)c1. The topological polar surface area (TPSA) is 113 Å². The minimum Gasteiger partial charge on any atom is -0.484 e. The van der Waals surface area contributed by atoms with Gasteiger partial charge in [0.05, 0.1) is 10.9 Å². The average Bonchev–Trinajstić information content (AvgIpc) is 3.42. The molecule has 0 spiro atoms. The molecule has 1 aliphatic rings. The van der Waals surface area contributed by atoms with E-state index in [-0.39, 0.29) is 18.1 Å². The van der Waals surface area contributed by atoms with E-state index in [1.54, 1.807) is 12.4 Å². The van der Waals surface area contributed by atoms with Gasteiger partial charge in [-0.15, -0.1) is 0 Å². The molecule has 0 radical (unpaired) electrons. The summed E-state index contributed by atoms with van der Waals surface area (Å²) in [5.74, 6) is 2.07. The van der Waals surface area contributed by atoms with Crippen LogP contribution in [0.1, 0.15) is 32.3 Å². The number of fused-ring (bicyclic) bond motifs is 1. The Morgan fingerprint density at radius 1 is 1.05 bits per heavy atom. The van der Waals surface area contributed by atoms with E-state index >= 15 is 0 Å². The van der Waals surface area contributed by atoms with E-state index in [0.717, 1.165) is 35.2 Å². The smallest absolute Gasteiger partial charge is 0.258 e. The lowest BCUT2D eigenvalue weighted by Crippen LogP contribution is -2.43. The number of carbonyl (C=O) groups excluding carboxylic acids is 1. The minimum absolute atomic E-state index is 0.0687. The maximum absolute atomic E-state index is 12.2. The first-order chi connectivity index (χ1) is 17.8. The summed E-state index contributed by atoms with van der Waals surface area (Å²) in [5.41, 5.74) is 9.81. The van der Waals surface area contributed by atoms with E-state index in [1.165, 1.54) is 5.56 Å². The molecule has 1 amide bonds. The summed E-state index contributed by atoms with van der Waals surface area (Å²) in [6, 6.07) is 17.7. The molecule has 3 heterocycles. The molecule has 9 heteroatoms. The van der Waals surface area contributed by atoms with E-state index in [2.05, 4.69) is 50.7 Å². The molecule has 1 saturated heterocycles. The van der Waals surface area contributed by atoms with Gasteiger partial charge in [0.25, 0.3) is 5.91 Å². The van der Waals surface area contributed by atoms with Crippen LogP contribution in [0.15, 0.2) is 67.0 Å². The number of carbonyl (C=O) groups is 1. The lowest BCUT2D eigenvalue weighted by atomic mass is 10.0. The number of nitrogens with zero attached hydrogens (tertiary/aromatic N) is 3. The first-order valence-electron chi connectivity index (χ1n) is 12.3. The van der Waals surface area contributed by atoms with Crippen molar-refractivity contribution in [2.75, 3.05) is 25.0 Å². The summed E-state index contributed by atoms with van der Waals surface area (Å²) in [7, 11) is 0. The molecule has 0 bridgehead atoms. The molecule has 4 N–H and O–H groups in total. The first-order valence-corrected chi connectivity index (χ1v) is 12.3. The largest absolute Gasteiger partial charge is 0.484 e. The number of hydrogen-bond acceptors (Lipinski definition) is 8. The second-order valence-electron chi connectivity index (χ2n) is 10.1. The van der Waals surface area contributed by atoms with Crippen molar-refractivity contribution in [3.63, 3.8) is 0 Å². The lowest BCUT2D eigenvalue weighted by molar-refractivity contribution is -0.124. The number of hydrogen-bond donors (Lipinski definition) is 4. The normalized spacial score (nSPS) is 14.0. The van der Waals surface area contributed by atoms with Gasteiger partial charge in [-0.25, -0.2) is 9.97 Å². The van der Waals surface area contributed by atoms with E-state index in [4.69, 9.17) is 14.7 Å². The van der Waals surface area contributed by atoms with Gasteiger partial charge in [0, 0.05) is 48.2 Å². The van der Waals surface area contributed by atoms with Gasteiger partial charge in [-0.2, -0.15) is 0 Å². The molecule has 1 aliphatic heterocycles. The van der Waals surface area contributed by atoms with Crippen LogP contribution in [0.25, 0.3) is 22.3 Å². The van der Waals surface area contributed by atoms with Crippen molar-refractivity contribution in [2.45, 2.75) is 32.2 Å². The first kappa shape index (κ1) is 24.6. The zero-order valence-corrected chi connectivity index (χ0v) is 21.2. The average molecular weight is 498 g/mol. The highest BCUT2D eigenvalue weighted by Crippen LogP contribution is 2.29. The van der Waals surface area contributed by atoms with Crippen molar-refractivity contribution < 1.29 is 9.53 Å². The third-order valence-electron chi connectivity index (χ3n) is 5.94. The van der Waals surface area contributed by atoms with Gasteiger partial charge >= 0.3 is 0 Å². The van der Waals surface area contributed by atoms with Crippen molar-refractivity contribution >= 4 is 28.3 Å². The van der Waals surface area contributed by atoms with E-state index in [1.807, 2.05) is 51.1 Å². The predicted molar refractivity (Wildman–Crippen MR) is 145 cm³/mol. The van der Waals surface area contributed by atoms with Crippen molar-refractivity contribution in [3.8, 4) is 17.1 Å². The number of ether oxygens (including phenoxy) is 1. The summed E-state index contributed by atoms with van der Waals surface area (Å²) in [6.07, 6.45) is 3.48. The van der Waals surface area contributed by atoms with Crippen LogP contribution < -0.4 is 26.2 Å². The van der Waals surface area contributed by atoms with Crippen LogP contribution in [0.5, 0.6) is 5.75 Å². The molecule has 2 aromatic carbocycles. The zero-order valence-electron chi connectivity index (χ0n) is 21.2. The Morgan fingerprint density at radius 2 is 1.84 bits per heavy atom. The standard InChI is InChI=1S/C28H31N7O2/c1-28(2,3)35-25(36)17-37-22-6-4-5-19(13-22)26-33-24-11-12-29-16-23(24)27(34-26)32-21-9-7-18(8-10-21)20-14-30-31-15-20/h4-13,16,20,30-31H,14-15,17H2,1-3H3,(H,35,36)(H,32,33,34). The predicted octanol–water partition coefficient (Wildman–Crippen LogP) is 3.92. The molecule has 4 aromatic rings. The van der Waals surface area contributed by atoms with Crippen LogP contribution in [0.3, 0.4) is 0 Å². The third kappa shape index (κ3) is 6.19. The second kappa shape index (κ2) is 10.5. The Bertz CT molecular complexity index is 1390. The van der Waals surface area contributed by atoms with E-state index in [0.29, 0.717) is 23.3 Å². The van der Waals surface area contributed by atoms with Crippen LogP contribution in [-0.4, -0.2) is 46.1 Å². The van der Waals surface area contributed by atoms with E-state index < -0.39 is 0 Å². The molecule has 0 unspecified atom stereocenters. The Balaban J connectivity index is 1.39. The van der Waals surface area contributed by atoms with Gasteiger partial charge in [0.15, 0.2) is 12.4 Å². The molecule has 5 rings (SSSR count). The fourth-order valence-corrected chi connectivity index (χ4v) is 4.20. The summed E-state index contributed by atoms with van der Waals surface area (Å²) >= 11 is 0. The van der Waals surface area contributed by atoms with Crippen molar-refractivity contribution in [1.82, 2.24) is 31.1 Å². The van der Waals surface area contributed by atoms with Crippen LogP contribution >= 0.6 is 0 Å². The minimum atomic E-state index is -0.315. The molecular weight excluding hydrogens is 466 g/mol. The fourth-order valence-electron chi connectivity index (χ4n) is 4.20. The highest BCUT2D eigenvalue weighted by Gasteiger charge is 2.17. The monoisotopic (exact) mass is 497 g/mol. The fraction of sp³-hybridized carbons (Fsp3) is 0.286. The van der Waals surface area contributed by atoms with Crippen LogP contribution in [0.4, 0.5) is 11.5 Å². The number of rotatable bonds is 7. The Hall–Kier alpha value is -4.08. The number of anilines is 2. The van der Waals surface area contributed by atoms with Gasteiger partial charge in [-0.3, -0.25) is 20.6 Å². The van der Waals surface area contributed by atoms with Crippen molar-refractivity contribution in [2.24, 2.45) is 0 Å². The zero-order chi connectivity index (χ0) is 25.8. The molecule has 190 valence electrons. The summed E-state index contributed by atoms with van der Waals surface area (Å²) in [6.45, 7) is 7.57. The summed E-state index contributed by atoms with van der Waals surface area (Å²) in [4.78, 5) is 26.0. The lowest BCUT2D eigenvalue weighted by Gasteiger charge is -2.20. The highest BCUT2D eigenvalue weighted by atomic mass is 16.5. The Kier molecular flexibility index (Phi) is 6.98. The van der Waals surface area contributed by atoms with Gasteiger partial charge < -0.3 is 15.4 Å². The maximum atomic E-state index is 12.2. The summed E-state index contributed by atoms with van der Waals surface area (Å²) in [5, 5.41) is 7.17. The number of pyridine rings is 1. The van der Waals surface area contributed by atoms with Crippen LogP contribution in [-0.2, 0) is 4.79 Å². The molecule has 37 heavy (non-hydrogen) atoms. The molecule has 2 aromatic heterocycles. The molecule has 0 atom stereocenters. The van der Waals surface area contributed by atoms with Crippen LogP contribution in [0.2, 0.25) is 0 Å².